The summed E-state index contributed by atoms with van der Waals surface area (Å²) < 4.78 is 28.4. The quantitative estimate of drug-likeness (QED) is 0.898. The van der Waals surface area contributed by atoms with Gasteiger partial charge in [0.2, 0.25) is 10.0 Å². The summed E-state index contributed by atoms with van der Waals surface area (Å²) in [5, 5.41) is 6.78. The molecule has 0 aromatic carbocycles. The molecule has 0 aliphatic heterocycles. The predicted octanol–water partition coefficient (Wildman–Crippen LogP) is 2.13. The normalized spacial score (nSPS) is 38.1. The molecule has 2 bridgehead atoms. The number of H-pyrrole nitrogens is 1. The van der Waals surface area contributed by atoms with Crippen molar-refractivity contribution in [2.45, 2.75) is 56.9 Å². The zero-order valence-corrected chi connectivity index (χ0v) is 13.4. The monoisotopic (exact) mass is 309 g/mol. The largest absolute Gasteiger partial charge is 0.281 e. The number of fused-ring (bicyclic) bond motifs is 5. The van der Waals surface area contributed by atoms with E-state index in [-0.39, 0.29) is 6.04 Å². The molecular formula is C15H23N3O2S. The van der Waals surface area contributed by atoms with Crippen molar-refractivity contribution < 1.29 is 8.42 Å². The first-order valence-corrected chi connectivity index (χ1v) is 9.49. The molecule has 5 unspecified atom stereocenters. The Morgan fingerprint density at radius 2 is 1.90 bits per heavy atom. The van der Waals surface area contributed by atoms with Crippen LogP contribution in [0.1, 0.15) is 43.5 Å². The lowest BCUT2D eigenvalue weighted by atomic mass is 9.79. The number of aryl methyl sites for hydroxylation is 2. The molecule has 0 amide bonds. The number of rotatable bonds is 3. The van der Waals surface area contributed by atoms with Gasteiger partial charge in [0.15, 0.2) is 0 Å². The zero-order valence-electron chi connectivity index (χ0n) is 12.6. The van der Waals surface area contributed by atoms with Crippen molar-refractivity contribution in [1.29, 1.82) is 0 Å². The second-order valence-electron chi connectivity index (χ2n) is 7.14. The standard InChI is InChI=1S/C15H23N3O2S/c1-8-15(9(2)17-16-8)21(19,20)18-14-7-10-6-13(14)12-5-3-4-11(10)12/h10-14,18H,3-7H2,1-2H3,(H,16,17). The Hall–Kier alpha value is -0.880. The molecule has 1 aromatic rings. The Balaban J connectivity index is 1.57. The molecule has 5 nitrogen and oxygen atoms in total. The van der Waals surface area contributed by atoms with Crippen LogP contribution >= 0.6 is 0 Å². The van der Waals surface area contributed by atoms with Gasteiger partial charge < -0.3 is 0 Å². The van der Waals surface area contributed by atoms with E-state index in [4.69, 9.17) is 0 Å². The molecular weight excluding hydrogens is 286 g/mol. The molecule has 3 fully saturated rings. The van der Waals surface area contributed by atoms with E-state index in [9.17, 15) is 8.42 Å². The van der Waals surface area contributed by atoms with E-state index in [1.807, 2.05) is 0 Å². The average molecular weight is 309 g/mol. The molecule has 0 saturated heterocycles. The van der Waals surface area contributed by atoms with Gasteiger partial charge in [-0.1, -0.05) is 6.42 Å². The van der Waals surface area contributed by atoms with Gasteiger partial charge in [0.05, 0.1) is 11.4 Å². The number of aromatic nitrogens is 2. The molecule has 21 heavy (non-hydrogen) atoms. The van der Waals surface area contributed by atoms with E-state index in [1.54, 1.807) is 13.8 Å². The highest BCUT2D eigenvalue weighted by Crippen LogP contribution is 2.58. The van der Waals surface area contributed by atoms with E-state index in [0.29, 0.717) is 22.2 Å². The molecule has 5 atom stereocenters. The van der Waals surface area contributed by atoms with Crippen LogP contribution in [0.15, 0.2) is 4.90 Å². The highest BCUT2D eigenvalue weighted by molar-refractivity contribution is 7.89. The van der Waals surface area contributed by atoms with Gasteiger partial charge in [-0.05, 0) is 63.2 Å². The fourth-order valence-corrected chi connectivity index (χ4v) is 7.07. The predicted molar refractivity (Wildman–Crippen MR) is 79.2 cm³/mol. The van der Waals surface area contributed by atoms with Crippen LogP contribution in [-0.4, -0.2) is 24.7 Å². The van der Waals surface area contributed by atoms with Crippen LogP contribution in [0.2, 0.25) is 0 Å². The van der Waals surface area contributed by atoms with E-state index < -0.39 is 10.0 Å². The first kappa shape index (κ1) is 13.8. The van der Waals surface area contributed by atoms with Gasteiger partial charge in [-0.2, -0.15) is 5.10 Å². The van der Waals surface area contributed by atoms with Gasteiger partial charge in [0.1, 0.15) is 4.90 Å². The van der Waals surface area contributed by atoms with Gasteiger partial charge >= 0.3 is 0 Å². The maximum atomic E-state index is 12.7. The lowest BCUT2D eigenvalue weighted by Gasteiger charge is -2.31. The van der Waals surface area contributed by atoms with Crippen molar-refractivity contribution in [3.05, 3.63) is 11.4 Å². The molecule has 4 rings (SSSR count). The Bertz CT molecular complexity index is 647. The van der Waals surface area contributed by atoms with Crippen molar-refractivity contribution in [3.63, 3.8) is 0 Å². The van der Waals surface area contributed by atoms with E-state index in [1.165, 1.54) is 25.7 Å². The Labute approximate surface area is 126 Å². The van der Waals surface area contributed by atoms with Crippen molar-refractivity contribution in [2.24, 2.45) is 23.7 Å². The Morgan fingerprint density at radius 1 is 1.14 bits per heavy atom. The van der Waals surface area contributed by atoms with Gasteiger partial charge in [-0.15, -0.1) is 0 Å². The van der Waals surface area contributed by atoms with Crippen LogP contribution in [0.25, 0.3) is 0 Å². The van der Waals surface area contributed by atoms with Gasteiger partial charge in [0.25, 0.3) is 0 Å². The zero-order chi connectivity index (χ0) is 14.8. The summed E-state index contributed by atoms with van der Waals surface area (Å²) in [7, 11) is -3.46. The third-order valence-electron chi connectivity index (χ3n) is 6.06. The highest BCUT2D eigenvalue weighted by Gasteiger charge is 2.54. The van der Waals surface area contributed by atoms with Gasteiger partial charge in [0, 0.05) is 6.04 Å². The summed E-state index contributed by atoms with van der Waals surface area (Å²) in [6.07, 6.45) is 6.26. The summed E-state index contributed by atoms with van der Waals surface area (Å²) in [5.74, 6) is 2.96. The Morgan fingerprint density at radius 3 is 2.62 bits per heavy atom. The van der Waals surface area contributed by atoms with Crippen LogP contribution in [-0.2, 0) is 10.0 Å². The number of aromatic amines is 1. The second kappa shape index (κ2) is 4.56. The summed E-state index contributed by atoms with van der Waals surface area (Å²) in [6, 6.07) is 0.132. The highest BCUT2D eigenvalue weighted by atomic mass is 32.2. The average Bonchev–Trinajstić information content (AvgIpc) is 3.09. The summed E-state index contributed by atoms with van der Waals surface area (Å²) in [5.41, 5.74) is 1.18. The van der Waals surface area contributed by atoms with Crippen LogP contribution in [0.4, 0.5) is 0 Å². The third-order valence-corrected chi connectivity index (χ3v) is 7.82. The van der Waals surface area contributed by atoms with Crippen molar-refractivity contribution >= 4 is 10.0 Å². The van der Waals surface area contributed by atoms with Crippen LogP contribution in [0, 0.1) is 37.5 Å². The van der Waals surface area contributed by atoms with Crippen LogP contribution < -0.4 is 4.72 Å². The number of nitrogens with zero attached hydrogens (tertiary/aromatic N) is 1. The molecule has 0 radical (unpaired) electrons. The maximum Gasteiger partial charge on any atom is 0.244 e. The van der Waals surface area contributed by atoms with Crippen molar-refractivity contribution in [3.8, 4) is 0 Å². The molecule has 1 aromatic heterocycles. The van der Waals surface area contributed by atoms with Crippen molar-refractivity contribution in [2.75, 3.05) is 0 Å². The molecule has 3 saturated carbocycles. The summed E-state index contributed by atoms with van der Waals surface area (Å²) >= 11 is 0. The third kappa shape index (κ3) is 1.99. The lowest BCUT2D eigenvalue weighted by Crippen LogP contribution is -2.42. The minimum absolute atomic E-state index is 0.132. The van der Waals surface area contributed by atoms with Gasteiger partial charge in [-0.25, -0.2) is 13.1 Å². The van der Waals surface area contributed by atoms with Gasteiger partial charge in [-0.3, -0.25) is 5.10 Å². The van der Waals surface area contributed by atoms with E-state index in [0.717, 1.165) is 24.2 Å². The molecule has 3 aliphatic carbocycles. The smallest absolute Gasteiger partial charge is 0.244 e. The fraction of sp³-hybridized carbons (Fsp3) is 0.800. The first-order valence-electron chi connectivity index (χ1n) is 8.01. The summed E-state index contributed by atoms with van der Waals surface area (Å²) in [4.78, 5) is 0.341. The number of nitrogens with one attached hydrogen (secondary N) is 2. The number of hydrogen-bond acceptors (Lipinski definition) is 3. The first-order chi connectivity index (χ1) is 9.97. The SMILES string of the molecule is Cc1n[nH]c(C)c1S(=O)(=O)NC1CC2CC1C1CCCC21. The molecule has 2 N–H and O–H groups in total. The fourth-order valence-electron chi connectivity index (χ4n) is 5.40. The topological polar surface area (TPSA) is 74.8 Å². The summed E-state index contributed by atoms with van der Waals surface area (Å²) in [6.45, 7) is 3.51. The minimum Gasteiger partial charge on any atom is -0.281 e. The van der Waals surface area contributed by atoms with Crippen LogP contribution in [0.3, 0.4) is 0 Å². The van der Waals surface area contributed by atoms with Crippen molar-refractivity contribution in [1.82, 2.24) is 14.9 Å². The molecule has 116 valence electrons. The second-order valence-corrected chi connectivity index (χ2v) is 8.80. The minimum atomic E-state index is -3.46. The van der Waals surface area contributed by atoms with Crippen LogP contribution in [0.5, 0.6) is 0 Å². The van der Waals surface area contributed by atoms with E-state index in [2.05, 4.69) is 14.9 Å². The number of hydrogen-bond donors (Lipinski definition) is 2. The molecule has 1 heterocycles. The number of sulfonamides is 1. The Kier molecular flexibility index (Phi) is 2.99. The molecule has 0 spiro atoms. The lowest BCUT2D eigenvalue weighted by molar-refractivity contribution is 0.224. The molecule has 6 heteroatoms. The molecule has 3 aliphatic rings. The van der Waals surface area contributed by atoms with E-state index >= 15 is 0 Å². The maximum absolute atomic E-state index is 12.7.